The van der Waals surface area contributed by atoms with Gasteiger partial charge in [0.05, 0.1) is 0 Å². The maximum atomic E-state index is 10.6. The molecular weight excluding hydrogens is 158 g/mol. The minimum Gasteiger partial charge on any atom is -0.215 e. The predicted molar refractivity (Wildman–Crippen MR) is 41.1 cm³/mol. The molecule has 0 fully saturated rings. The van der Waals surface area contributed by atoms with E-state index in [4.69, 9.17) is 0 Å². The third-order valence-corrected chi connectivity index (χ3v) is 2.75. The van der Waals surface area contributed by atoms with Crippen molar-refractivity contribution in [2.24, 2.45) is 0 Å². The van der Waals surface area contributed by atoms with Crippen LogP contribution in [0.5, 0.6) is 0 Å². The second-order valence-corrected chi connectivity index (χ2v) is 4.19. The summed E-state index contributed by atoms with van der Waals surface area (Å²) in [6.45, 7) is 2.41. The van der Waals surface area contributed by atoms with Gasteiger partial charge in [-0.25, -0.2) is 13.1 Å². The maximum Gasteiger partial charge on any atom is 0.220 e. The van der Waals surface area contributed by atoms with Crippen molar-refractivity contribution in [3.05, 3.63) is 0 Å². The van der Waals surface area contributed by atoms with E-state index < -0.39 is 10.0 Å². The molecule has 0 spiro atoms. The smallest absolute Gasteiger partial charge is 0.215 e. The molecule has 1 N–H and O–H groups in total. The molecule has 0 aliphatic rings. The molecule has 0 aliphatic carbocycles. The van der Waals surface area contributed by atoms with Crippen molar-refractivity contribution in [2.45, 2.75) is 13.3 Å². The second-order valence-electron chi connectivity index (χ2n) is 1.64. The van der Waals surface area contributed by atoms with Gasteiger partial charge in [-0.2, -0.15) is 12.6 Å². The first-order valence-electron chi connectivity index (χ1n) is 2.70. The first kappa shape index (κ1) is 9.26. The summed E-state index contributed by atoms with van der Waals surface area (Å²) in [5.74, 6) is 0. The normalized spacial score (nSPS) is 11.8. The van der Waals surface area contributed by atoms with Gasteiger partial charge in [0, 0.05) is 6.54 Å². The van der Waals surface area contributed by atoms with Gasteiger partial charge >= 0.3 is 0 Å². The first-order valence-corrected chi connectivity index (χ1v) is 4.99. The van der Waals surface area contributed by atoms with E-state index in [-0.39, 0.29) is 5.08 Å². The Morgan fingerprint density at radius 1 is 1.56 bits per heavy atom. The topological polar surface area (TPSA) is 46.2 Å². The van der Waals surface area contributed by atoms with Crippen LogP contribution in [0, 0.1) is 0 Å². The highest BCUT2D eigenvalue weighted by molar-refractivity contribution is 8.02. The van der Waals surface area contributed by atoms with Crippen LogP contribution in [0.25, 0.3) is 0 Å². The Balaban J connectivity index is 3.61. The van der Waals surface area contributed by atoms with Crippen molar-refractivity contribution >= 4 is 22.7 Å². The standard InChI is InChI=1S/C4H11NO2S2/c1-2-3-5-9(6,7)4-8/h5,8H,2-4H2,1H3. The van der Waals surface area contributed by atoms with Crippen LogP contribution in [-0.2, 0) is 10.0 Å². The predicted octanol–water partition coefficient (Wildman–Crippen LogP) is 0.203. The summed E-state index contributed by atoms with van der Waals surface area (Å²) in [6.07, 6.45) is 0.813. The summed E-state index contributed by atoms with van der Waals surface area (Å²) in [7, 11) is -3.07. The van der Waals surface area contributed by atoms with Gasteiger partial charge in [-0.05, 0) is 6.42 Å². The molecule has 0 aromatic rings. The zero-order valence-corrected chi connectivity index (χ0v) is 7.00. The Labute approximate surface area is 61.3 Å². The third kappa shape index (κ3) is 4.74. The zero-order valence-electron chi connectivity index (χ0n) is 5.29. The van der Waals surface area contributed by atoms with Crippen LogP contribution in [0.2, 0.25) is 0 Å². The second kappa shape index (κ2) is 4.14. The molecule has 0 rings (SSSR count). The fraction of sp³-hybridized carbons (Fsp3) is 1.00. The van der Waals surface area contributed by atoms with Crippen molar-refractivity contribution in [2.75, 3.05) is 11.6 Å². The molecule has 9 heavy (non-hydrogen) atoms. The van der Waals surface area contributed by atoms with Crippen LogP contribution in [0.4, 0.5) is 0 Å². The van der Waals surface area contributed by atoms with Gasteiger partial charge in [0.1, 0.15) is 5.08 Å². The van der Waals surface area contributed by atoms with E-state index in [1.54, 1.807) is 0 Å². The molecule has 0 radical (unpaired) electrons. The monoisotopic (exact) mass is 169 g/mol. The van der Waals surface area contributed by atoms with Crippen LogP contribution in [0.15, 0.2) is 0 Å². The summed E-state index contributed by atoms with van der Waals surface area (Å²) in [5.41, 5.74) is 0. The van der Waals surface area contributed by atoms with Crippen molar-refractivity contribution < 1.29 is 8.42 Å². The highest BCUT2D eigenvalue weighted by Crippen LogP contribution is 1.86. The summed E-state index contributed by atoms with van der Waals surface area (Å²) >= 11 is 3.62. The van der Waals surface area contributed by atoms with E-state index in [2.05, 4.69) is 17.4 Å². The number of nitrogens with one attached hydrogen (secondary N) is 1. The minimum atomic E-state index is -3.07. The van der Waals surface area contributed by atoms with E-state index >= 15 is 0 Å². The molecule has 0 unspecified atom stereocenters. The molecule has 0 saturated heterocycles. The molecule has 0 aromatic carbocycles. The molecule has 3 nitrogen and oxygen atoms in total. The van der Waals surface area contributed by atoms with Gasteiger partial charge in [0.25, 0.3) is 0 Å². The van der Waals surface area contributed by atoms with Gasteiger partial charge in [0.15, 0.2) is 0 Å². The van der Waals surface area contributed by atoms with Crippen LogP contribution >= 0.6 is 12.6 Å². The third-order valence-electron chi connectivity index (χ3n) is 0.742. The number of hydrogen-bond acceptors (Lipinski definition) is 3. The van der Waals surface area contributed by atoms with Crippen LogP contribution < -0.4 is 4.72 Å². The fourth-order valence-corrected chi connectivity index (χ4v) is 1.18. The molecule has 0 aromatic heterocycles. The van der Waals surface area contributed by atoms with Crippen molar-refractivity contribution in [1.82, 2.24) is 4.72 Å². The highest BCUT2D eigenvalue weighted by atomic mass is 32.3. The Kier molecular flexibility index (Phi) is 4.26. The Bertz CT molecular complexity index is 152. The van der Waals surface area contributed by atoms with Crippen LogP contribution in [0.1, 0.15) is 13.3 Å². The average Bonchev–Trinajstić information content (AvgIpc) is 1.84. The summed E-state index contributed by atoms with van der Waals surface area (Å²) in [6, 6.07) is 0. The number of hydrogen-bond donors (Lipinski definition) is 2. The van der Waals surface area contributed by atoms with Gasteiger partial charge in [0.2, 0.25) is 10.0 Å². The van der Waals surface area contributed by atoms with Crippen LogP contribution in [-0.4, -0.2) is 20.0 Å². The fourth-order valence-electron chi connectivity index (χ4n) is 0.303. The highest BCUT2D eigenvalue weighted by Gasteiger charge is 2.02. The molecule has 0 amide bonds. The molecule has 5 heteroatoms. The first-order chi connectivity index (χ1) is 4.12. The molecule has 56 valence electrons. The lowest BCUT2D eigenvalue weighted by molar-refractivity contribution is 0.586. The van der Waals surface area contributed by atoms with Gasteiger partial charge < -0.3 is 0 Å². The maximum absolute atomic E-state index is 10.6. The summed E-state index contributed by atoms with van der Waals surface area (Å²) in [5, 5.41) is -0.132. The lowest BCUT2D eigenvalue weighted by atomic mass is 10.5. The van der Waals surface area contributed by atoms with E-state index in [1.165, 1.54) is 0 Å². The Hall–Kier alpha value is 0.260. The average molecular weight is 169 g/mol. The van der Waals surface area contributed by atoms with E-state index in [0.717, 1.165) is 6.42 Å². The Morgan fingerprint density at radius 3 is 2.44 bits per heavy atom. The molecule has 0 atom stereocenters. The van der Waals surface area contributed by atoms with Gasteiger partial charge in [-0.3, -0.25) is 0 Å². The summed E-state index contributed by atoms with van der Waals surface area (Å²) in [4.78, 5) is 0. The molecular formula is C4H11NO2S2. The SMILES string of the molecule is CCCNS(=O)(=O)CS. The lowest BCUT2D eigenvalue weighted by Crippen LogP contribution is -2.24. The van der Waals surface area contributed by atoms with E-state index in [1.807, 2.05) is 6.92 Å². The van der Waals surface area contributed by atoms with Crippen molar-refractivity contribution in [3.8, 4) is 0 Å². The van der Waals surface area contributed by atoms with E-state index in [0.29, 0.717) is 6.54 Å². The minimum absolute atomic E-state index is 0.132. The molecule has 0 saturated carbocycles. The summed E-state index contributed by atoms with van der Waals surface area (Å²) < 4.78 is 23.5. The van der Waals surface area contributed by atoms with E-state index in [9.17, 15) is 8.42 Å². The van der Waals surface area contributed by atoms with Gasteiger partial charge in [-0.15, -0.1) is 0 Å². The quantitative estimate of drug-likeness (QED) is 0.591. The number of sulfonamides is 1. The molecule has 0 bridgehead atoms. The van der Waals surface area contributed by atoms with Gasteiger partial charge in [-0.1, -0.05) is 6.92 Å². The van der Waals surface area contributed by atoms with Crippen molar-refractivity contribution in [3.63, 3.8) is 0 Å². The Morgan fingerprint density at radius 2 is 2.11 bits per heavy atom. The molecule has 0 aliphatic heterocycles. The lowest BCUT2D eigenvalue weighted by Gasteiger charge is -1.99. The number of rotatable bonds is 4. The zero-order chi connectivity index (χ0) is 7.33. The molecule has 0 heterocycles. The van der Waals surface area contributed by atoms with Crippen molar-refractivity contribution in [1.29, 1.82) is 0 Å². The number of thiol groups is 1. The van der Waals surface area contributed by atoms with Crippen LogP contribution in [0.3, 0.4) is 0 Å². The largest absolute Gasteiger partial charge is 0.220 e.